The standard InChI is InChI=1S/C5H11NO2S.H2Te/c1-9-3-2-4(6)5(7)8;/h4H,2-3,6H2,1H3,(H,7,8);1H2. The van der Waals surface area contributed by atoms with E-state index in [0.717, 1.165) is 5.75 Å². The van der Waals surface area contributed by atoms with Gasteiger partial charge < -0.3 is 10.8 Å². The second kappa shape index (κ2) is 7.67. The van der Waals surface area contributed by atoms with Gasteiger partial charge in [-0.15, -0.1) is 0 Å². The summed E-state index contributed by atoms with van der Waals surface area (Å²) in [7, 11) is 0. The number of hydrogen-bond donors (Lipinski definition) is 2. The van der Waals surface area contributed by atoms with Crippen LogP contribution in [0.3, 0.4) is 0 Å². The summed E-state index contributed by atoms with van der Waals surface area (Å²) in [6.45, 7) is 0. The van der Waals surface area contributed by atoms with Gasteiger partial charge in [0.2, 0.25) is 0 Å². The van der Waals surface area contributed by atoms with Gasteiger partial charge in [-0.25, -0.2) is 0 Å². The molecule has 0 aliphatic rings. The molecule has 0 amide bonds. The zero-order chi connectivity index (χ0) is 7.28. The molecule has 0 aliphatic heterocycles. The number of carboxylic acid groups (broad SMARTS) is 1. The number of aliphatic carboxylic acids is 1. The Balaban J connectivity index is 0. The van der Waals surface area contributed by atoms with E-state index in [-0.39, 0.29) is 23.7 Å². The summed E-state index contributed by atoms with van der Waals surface area (Å²) in [6, 6.07) is -0.683. The Labute approximate surface area is 81.5 Å². The Morgan fingerprint density at radius 1 is 1.80 bits per heavy atom. The topological polar surface area (TPSA) is 63.3 Å². The minimum atomic E-state index is -0.913. The third kappa shape index (κ3) is 6.69. The molecule has 3 nitrogen and oxygen atoms in total. The average molecular weight is 279 g/mol. The van der Waals surface area contributed by atoms with Crippen LogP contribution in [0, 0.1) is 0 Å². The molecule has 0 radical (unpaired) electrons. The molecule has 0 aliphatic carbocycles. The minimum absolute atomic E-state index is 0. The zero-order valence-electron chi connectivity index (χ0n) is 5.83. The normalized spacial score (nSPS) is 11.8. The van der Waals surface area contributed by atoms with Gasteiger partial charge in [0.05, 0.1) is 0 Å². The predicted octanol–water partition coefficient (Wildman–Crippen LogP) is -0.765. The predicted molar refractivity (Wildman–Crippen MR) is 47.2 cm³/mol. The van der Waals surface area contributed by atoms with Crippen LogP contribution in [0.2, 0.25) is 0 Å². The van der Waals surface area contributed by atoms with E-state index in [2.05, 4.69) is 0 Å². The molecule has 0 aromatic carbocycles. The molecule has 0 spiro atoms. The van der Waals surface area contributed by atoms with Gasteiger partial charge in [0.15, 0.2) is 0 Å². The molecule has 10 heavy (non-hydrogen) atoms. The molecule has 0 bridgehead atoms. The van der Waals surface area contributed by atoms with Crippen molar-refractivity contribution in [3.8, 4) is 0 Å². The van der Waals surface area contributed by atoms with Crippen molar-refractivity contribution in [3.63, 3.8) is 0 Å². The van der Waals surface area contributed by atoms with Crippen LogP contribution < -0.4 is 5.73 Å². The third-order valence-corrected chi connectivity index (χ3v) is 1.59. The van der Waals surface area contributed by atoms with Crippen molar-refractivity contribution < 1.29 is 9.90 Å². The molecule has 0 saturated carbocycles. The van der Waals surface area contributed by atoms with Gasteiger partial charge >= 0.3 is 29.6 Å². The second-order valence-corrected chi connectivity index (χ2v) is 2.71. The third-order valence-electron chi connectivity index (χ3n) is 0.950. The number of carboxylic acids is 1. The van der Waals surface area contributed by atoms with Crippen molar-refractivity contribution in [2.75, 3.05) is 12.0 Å². The molecule has 0 aromatic heterocycles. The maximum atomic E-state index is 10.1. The number of hydrogen-bond acceptors (Lipinski definition) is 3. The van der Waals surface area contributed by atoms with E-state index in [1.807, 2.05) is 6.26 Å². The van der Waals surface area contributed by atoms with Gasteiger partial charge in [0, 0.05) is 0 Å². The summed E-state index contributed by atoms with van der Waals surface area (Å²) in [5.74, 6) is -0.1000. The Morgan fingerprint density at radius 3 is 2.60 bits per heavy atom. The second-order valence-electron chi connectivity index (χ2n) is 1.73. The number of nitrogens with two attached hydrogens (primary N) is 1. The van der Waals surface area contributed by atoms with Crippen LogP contribution in [0.1, 0.15) is 6.42 Å². The van der Waals surface area contributed by atoms with Crippen molar-refractivity contribution in [2.24, 2.45) is 5.73 Å². The van der Waals surface area contributed by atoms with E-state index in [1.165, 1.54) is 0 Å². The molecule has 5 heteroatoms. The first-order valence-corrected chi connectivity index (χ1v) is 4.05. The molecule has 0 saturated heterocycles. The molecule has 0 aromatic rings. The van der Waals surface area contributed by atoms with Crippen molar-refractivity contribution in [2.45, 2.75) is 12.5 Å². The molecule has 3 N–H and O–H groups in total. The molecular formula is C5H13NO2STe. The first-order valence-electron chi connectivity index (χ1n) is 2.65. The van der Waals surface area contributed by atoms with Crippen LogP contribution >= 0.6 is 11.8 Å². The quantitative estimate of drug-likeness (QED) is 0.664. The molecule has 0 fully saturated rings. The molecule has 0 heterocycles. The first-order chi connectivity index (χ1) is 4.18. The summed E-state index contributed by atoms with van der Waals surface area (Å²) in [4.78, 5) is 10.1. The fourth-order valence-corrected chi connectivity index (χ4v) is 0.858. The van der Waals surface area contributed by atoms with Gasteiger partial charge in [0.25, 0.3) is 0 Å². The Bertz CT molecular complexity index is 102. The summed E-state index contributed by atoms with van der Waals surface area (Å²) in [5, 5.41) is 8.27. The van der Waals surface area contributed by atoms with Crippen molar-refractivity contribution in [1.82, 2.24) is 0 Å². The summed E-state index contributed by atoms with van der Waals surface area (Å²) >= 11 is 1.60. The van der Waals surface area contributed by atoms with Crippen molar-refractivity contribution in [3.05, 3.63) is 0 Å². The monoisotopic (exact) mass is 281 g/mol. The van der Waals surface area contributed by atoms with E-state index < -0.39 is 12.0 Å². The molecular weight excluding hydrogens is 266 g/mol. The van der Waals surface area contributed by atoms with Crippen LogP contribution in [0.4, 0.5) is 0 Å². The van der Waals surface area contributed by atoms with Crippen LogP contribution in [0.5, 0.6) is 0 Å². The Kier molecular flexibility index (Phi) is 10.1. The maximum absolute atomic E-state index is 10.1. The fraction of sp³-hybridized carbons (Fsp3) is 0.800. The average Bonchev–Trinajstić information content (AvgIpc) is 1.82. The van der Waals surface area contributed by atoms with Gasteiger partial charge in [-0.3, -0.25) is 4.79 Å². The van der Waals surface area contributed by atoms with Gasteiger partial charge in [-0.05, 0) is 18.4 Å². The zero-order valence-corrected chi connectivity index (χ0v) is 9.50. The summed E-state index contributed by atoms with van der Waals surface area (Å²) in [6.07, 6.45) is 2.48. The van der Waals surface area contributed by atoms with E-state index >= 15 is 0 Å². The molecule has 0 rings (SSSR count). The van der Waals surface area contributed by atoms with Crippen molar-refractivity contribution >= 4 is 41.4 Å². The van der Waals surface area contributed by atoms with E-state index in [9.17, 15) is 4.79 Å². The fourth-order valence-electron chi connectivity index (χ4n) is 0.368. The molecule has 1 atom stereocenters. The van der Waals surface area contributed by atoms with Gasteiger partial charge in [-0.1, -0.05) is 0 Å². The van der Waals surface area contributed by atoms with E-state index in [1.54, 1.807) is 11.8 Å². The van der Waals surface area contributed by atoms with E-state index in [4.69, 9.17) is 10.8 Å². The number of thioether (sulfide) groups is 1. The molecule has 62 valence electrons. The van der Waals surface area contributed by atoms with Crippen molar-refractivity contribution in [1.29, 1.82) is 0 Å². The van der Waals surface area contributed by atoms with E-state index in [0.29, 0.717) is 6.42 Å². The Morgan fingerprint density at radius 2 is 2.30 bits per heavy atom. The van der Waals surface area contributed by atoms with Crippen LogP contribution in [0.15, 0.2) is 0 Å². The molecule has 1 unspecified atom stereocenters. The Hall–Kier alpha value is 0.570. The SMILES string of the molecule is CSCCC(N)C(=O)O.[TeH2]. The number of rotatable bonds is 4. The van der Waals surface area contributed by atoms with Crippen LogP contribution in [-0.2, 0) is 4.79 Å². The van der Waals surface area contributed by atoms with Gasteiger partial charge in [0.1, 0.15) is 6.04 Å². The number of carbonyl (C=O) groups is 1. The summed E-state index contributed by atoms with van der Waals surface area (Å²) in [5.41, 5.74) is 5.19. The summed E-state index contributed by atoms with van der Waals surface area (Å²) < 4.78 is 0. The van der Waals surface area contributed by atoms with Gasteiger partial charge in [-0.2, -0.15) is 11.8 Å². The first kappa shape index (κ1) is 13.2. The van der Waals surface area contributed by atoms with Crippen LogP contribution in [-0.4, -0.2) is 52.8 Å². The van der Waals surface area contributed by atoms with Crippen LogP contribution in [0.25, 0.3) is 0 Å².